The van der Waals surface area contributed by atoms with Crippen LogP contribution in [0.3, 0.4) is 0 Å². The SMILES string of the molecule is [Au+].[C-]#Cc1ccc(NC(=O)c2ccc(C(F)(F)F)cc2)cc1. The number of hydrogen-bond donors (Lipinski definition) is 1. The molecule has 1 amide bonds. The van der Waals surface area contributed by atoms with Gasteiger partial charge in [0.1, 0.15) is 0 Å². The molecular formula is C16H9AuF3NO. The van der Waals surface area contributed by atoms with E-state index < -0.39 is 17.6 Å². The summed E-state index contributed by atoms with van der Waals surface area (Å²) in [5, 5.41) is 2.56. The third-order valence-electron chi connectivity index (χ3n) is 2.76. The van der Waals surface area contributed by atoms with Crippen LogP contribution in [0.1, 0.15) is 21.5 Å². The summed E-state index contributed by atoms with van der Waals surface area (Å²) < 4.78 is 37.3. The summed E-state index contributed by atoms with van der Waals surface area (Å²) >= 11 is 0. The van der Waals surface area contributed by atoms with Crippen LogP contribution in [-0.4, -0.2) is 5.91 Å². The molecule has 22 heavy (non-hydrogen) atoms. The molecule has 0 aliphatic rings. The first kappa shape index (κ1) is 18.1. The minimum absolute atomic E-state index is 0. The quantitative estimate of drug-likeness (QED) is 0.391. The van der Waals surface area contributed by atoms with E-state index in [1.165, 1.54) is 0 Å². The van der Waals surface area contributed by atoms with Crippen LogP contribution in [0.25, 0.3) is 0 Å². The van der Waals surface area contributed by atoms with E-state index >= 15 is 0 Å². The van der Waals surface area contributed by atoms with Crippen molar-refractivity contribution in [3.05, 3.63) is 71.6 Å². The van der Waals surface area contributed by atoms with Crippen molar-refractivity contribution in [2.75, 3.05) is 5.32 Å². The van der Waals surface area contributed by atoms with Gasteiger partial charge in [0.25, 0.3) is 5.91 Å². The maximum absolute atomic E-state index is 12.4. The molecular weight excluding hydrogens is 476 g/mol. The molecule has 1 N–H and O–H groups in total. The van der Waals surface area contributed by atoms with Gasteiger partial charge in [0.05, 0.1) is 5.56 Å². The number of amides is 1. The van der Waals surface area contributed by atoms with Crippen LogP contribution >= 0.6 is 0 Å². The van der Waals surface area contributed by atoms with Crippen LogP contribution in [0.4, 0.5) is 18.9 Å². The molecule has 0 radical (unpaired) electrons. The van der Waals surface area contributed by atoms with E-state index in [4.69, 9.17) is 6.42 Å². The van der Waals surface area contributed by atoms with Crippen molar-refractivity contribution in [3.63, 3.8) is 0 Å². The maximum Gasteiger partial charge on any atom is 1.00 e. The Balaban J connectivity index is 0.00000242. The van der Waals surface area contributed by atoms with Gasteiger partial charge in [-0.05, 0) is 24.3 Å². The number of benzene rings is 2. The zero-order valence-corrected chi connectivity index (χ0v) is 13.1. The number of anilines is 1. The second-order valence-corrected chi connectivity index (χ2v) is 4.23. The summed E-state index contributed by atoms with van der Waals surface area (Å²) in [6.45, 7) is 0. The van der Waals surface area contributed by atoms with Crippen molar-refractivity contribution in [1.82, 2.24) is 0 Å². The fourth-order valence-electron chi connectivity index (χ4n) is 1.65. The number of rotatable bonds is 2. The largest absolute Gasteiger partial charge is 1.00 e. The summed E-state index contributed by atoms with van der Waals surface area (Å²) in [6, 6.07) is 10.3. The van der Waals surface area contributed by atoms with Crippen molar-refractivity contribution in [2.24, 2.45) is 0 Å². The summed E-state index contributed by atoms with van der Waals surface area (Å²) in [5.74, 6) is 1.69. The number of carbonyl (C=O) groups excluding carboxylic acids is 1. The first-order valence-electron chi connectivity index (χ1n) is 5.91. The molecule has 0 fully saturated rings. The zero-order valence-electron chi connectivity index (χ0n) is 11.0. The number of carbonyl (C=O) groups is 1. The van der Waals surface area contributed by atoms with Crippen LogP contribution in [0, 0.1) is 12.3 Å². The first-order valence-corrected chi connectivity index (χ1v) is 5.91. The van der Waals surface area contributed by atoms with Gasteiger partial charge in [-0.3, -0.25) is 10.7 Å². The molecule has 0 atom stereocenters. The van der Waals surface area contributed by atoms with Crippen molar-refractivity contribution in [3.8, 4) is 5.92 Å². The Morgan fingerprint density at radius 1 is 1.00 bits per heavy atom. The topological polar surface area (TPSA) is 29.1 Å². The average molecular weight is 485 g/mol. The van der Waals surface area contributed by atoms with Gasteiger partial charge in [-0.1, -0.05) is 12.1 Å². The summed E-state index contributed by atoms with van der Waals surface area (Å²) in [5.41, 5.74) is 0.372. The predicted octanol–water partition coefficient (Wildman–Crippen LogP) is 3.89. The van der Waals surface area contributed by atoms with Crippen LogP contribution in [0.15, 0.2) is 48.5 Å². The molecule has 0 aliphatic heterocycles. The number of alkyl halides is 3. The normalized spacial score (nSPS) is 10.3. The van der Waals surface area contributed by atoms with Crippen molar-refractivity contribution in [2.45, 2.75) is 6.18 Å². The van der Waals surface area contributed by atoms with E-state index in [1.807, 2.05) is 0 Å². The van der Waals surface area contributed by atoms with Gasteiger partial charge < -0.3 is 11.7 Å². The molecule has 2 nitrogen and oxygen atoms in total. The van der Waals surface area contributed by atoms with Gasteiger partial charge in [0.15, 0.2) is 0 Å². The Labute approximate surface area is 141 Å². The molecule has 0 bridgehead atoms. The molecule has 2 rings (SSSR count). The third kappa shape index (κ3) is 4.50. The average Bonchev–Trinajstić information content (AvgIpc) is 2.47. The Kier molecular flexibility index (Phi) is 6.01. The molecule has 116 valence electrons. The van der Waals surface area contributed by atoms with E-state index in [2.05, 4.69) is 11.2 Å². The van der Waals surface area contributed by atoms with Gasteiger partial charge in [0.2, 0.25) is 0 Å². The Bertz CT molecular complexity index is 685. The Hall–Kier alpha value is -2.00. The Morgan fingerprint density at radius 2 is 1.55 bits per heavy atom. The standard InChI is InChI=1S/C16H9F3NO.Au/c1-2-11-3-9-14(10-4-11)20-15(21)12-5-7-13(8-6-12)16(17,18)19;/h3-10H,(H,20,21);/q-1;+1. The Morgan fingerprint density at radius 3 is 2.00 bits per heavy atom. The van der Waals surface area contributed by atoms with Crippen LogP contribution in [-0.2, 0) is 28.6 Å². The molecule has 0 aromatic heterocycles. The zero-order chi connectivity index (χ0) is 15.5. The molecule has 0 spiro atoms. The molecule has 0 saturated heterocycles. The summed E-state index contributed by atoms with van der Waals surface area (Å²) in [4.78, 5) is 11.9. The minimum Gasteiger partial charge on any atom is -0.366 e. The molecule has 2 aromatic rings. The van der Waals surface area contributed by atoms with E-state index in [9.17, 15) is 18.0 Å². The van der Waals surface area contributed by atoms with E-state index in [0.717, 1.165) is 24.3 Å². The summed E-state index contributed by atoms with van der Waals surface area (Å²) in [6.07, 6.45) is 2.51. The molecule has 6 heteroatoms. The van der Waals surface area contributed by atoms with Crippen LogP contribution in [0.5, 0.6) is 0 Å². The van der Waals surface area contributed by atoms with Crippen molar-refractivity contribution in [1.29, 1.82) is 0 Å². The maximum atomic E-state index is 12.4. The number of nitrogens with one attached hydrogen (secondary N) is 1. The van der Waals surface area contributed by atoms with E-state index in [1.54, 1.807) is 24.3 Å². The van der Waals surface area contributed by atoms with Gasteiger partial charge >= 0.3 is 28.6 Å². The molecule has 0 aliphatic carbocycles. The van der Waals surface area contributed by atoms with Crippen LogP contribution in [0.2, 0.25) is 0 Å². The first-order chi connectivity index (χ1) is 9.90. The fraction of sp³-hybridized carbons (Fsp3) is 0.0625. The molecule has 0 saturated carbocycles. The minimum atomic E-state index is -4.42. The molecule has 2 aromatic carbocycles. The monoisotopic (exact) mass is 485 g/mol. The second-order valence-electron chi connectivity index (χ2n) is 4.23. The van der Waals surface area contributed by atoms with Gasteiger partial charge in [-0.2, -0.15) is 13.2 Å². The fourth-order valence-corrected chi connectivity index (χ4v) is 1.65. The van der Waals surface area contributed by atoms with Crippen molar-refractivity contribution >= 4 is 11.6 Å². The molecule has 0 heterocycles. The van der Waals surface area contributed by atoms with E-state index in [0.29, 0.717) is 11.3 Å². The van der Waals surface area contributed by atoms with Gasteiger partial charge in [0, 0.05) is 11.3 Å². The van der Waals surface area contributed by atoms with Crippen molar-refractivity contribution < 1.29 is 40.3 Å². The predicted molar refractivity (Wildman–Crippen MR) is 72.1 cm³/mol. The van der Waals surface area contributed by atoms with Crippen LogP contribution < -0.4 is 5.32 Å². The number of halogens is 3. The summed E-state index contributed by atoms with van der Waals surface area (Å²) in [7, 11) is 0. The molecule has 0 unspecified atom stereocenters. The van der Waals surface area contributed by atoms with Gasteiger partial charge in [-0.25, -0.2) is 0 Å². The second kappa shape index (κ2) is 7.32. The van der Waals surface area contributed by atoms with Gasteiger partial charge in [-0.15, -0.1) is 17.7 Å². The van der Waals surface area contributed by atoms with E-state index in [-0.39, 0.29) is 27.9 Å². The smallest absolute Gasteiger partial charge is 0.366 e. The number of hydrogen-bond acceptors (Lipinski definition) is 1. The third-order valence-corrected chi connectivity index (χ3v) is 2.76.